The second-order valence-electron chi connectivity index (χ2n) is 4.71. The lowest BCUT2D eigenvalue weighted by Crippen LogP contribution is -2.28. The molecule has 0 saturated heterocycles. The normalized spacial score (nSPS) is 16.8. The van der Waals surface area contributed by atoms with Gasteiger partial charge in [0.05, 0.1) is 6.04 Å². The second kappa shape index (κ2) is 4.88. The maximum Gasteiger partial charge on any atom is 0.272 e. The molecule has 2 N–H and O–H groups in total. The van der Waals surface area contributed by atoms with Crippen molar-refractivity contribution < 1.29 is 9.18 Å². The number of aromatic nitrogens is 2. The number of fused-ring (bicyclic) bond motifs is 1. The van der Waals surface area contributed by atoms with E-state index in [1.54, 1.807) is 6.07 Å². The van der Waals surface area contributed by atoms with Gasteiger partial charge in [-0.25, -0.2) is 9.49 Å². The fourth-order valence-electron chi connectivity index (χ4n) is 2.43. The van der Waals surface area contributed by atoms with Crippen molar-refractivity contribution in [1.82, 2.24) is 15.5 Å². The molecule has 3 rings (SSSR count). The molecular formula is C14H12FN3O2. The van der Waals surface area contributed by atoms with Gasteiger partial charge in [0.1, 0.15) is 11.5 Å². The number of rotatable bonds is 2. The number of hydrogen-bond acceptors (Lipinski definition) is 3. The van der Waals surface area contributed by atoms with Crippen LogP contribution in [0.1, 0.15) is 34.1 Å². The molecule has 2 aromatic rings. The zero-order valence-corrected chi connectivity index (χ0v) is 10.5. The fraction of sp³-hybridized carbons (Fsp3) is 0.214. The van der Waals surface area contributed by atoms with E-state index in [4.69, 9.17) is 0 Å². The molecule has 102 valence electrons. The molecule has 6 heteroatoms. The van der Waals surface area contributed by atoms with Crippen LogP contribution in [0.15, 0.2) is 35.1 Å². The van der Waals surface area contributed by atoms with Crippen LogP contribution >= 0.6 is 0 Å². The first-order chi connectivity index (χ1) is 9.63. The Morgan fingerprint density at radius 2 is 2.20 bits per heavy atom. The van der Waals surface area contributed by atoms with Gasteiger partial charge in [-0.05, 0) is 42.2 Å². The van der Waals surface area contributed by atoms with E-state index in [2.05, 4.69) is 15.5 Å². The molecule has 5 nitrogen and oxygen atoms in total. The summed E-state index contributed by atoms with van der Waals surface area (Å²) >= 11 is 0. The molecule has 0 radical (unpaired) electrons. The average Bonchev–Trinajstić information content (AvgIpc) is 2.82. The van der Waals surface area contributed by atoms with Gasteiger partial charge in [-0.15, -0.1) is 0 Å². The van der Waals surface area contributed by atoms with Crippen LogP contribution in [-0.2, 0) is 6.42 Å². The summed E-state index contributed by atoms with van der Waals surface area (Å²) in [5.41, 5.74) is 1.62. The summed E-state index contributed by atoms with van der Waals surface area (Å²) in [5, 5.41) is 8.69. The van der Waals surface area contributed by atoms with Crippen LogP contribution in [0.25, 0.3) is 0 Å². The molecule has 20 heavy (non-hydrogen) atoms. The minimum Gasteiger partial charge on any atom is -0.344 e. The number of aromatic amines is 1. The molecule has 0 saturated carbocycles. The second-order valence-corrected chi connectivity index (χ2v) is 4.71. The molecule has 0 bridgehead atoms. The third kappa shape index (κ3) is 2.32. The highest BCUT2D eigenvalue weighted by atomic mass is 19.1. The standard InChI is InChI=1S/C14H12FN3O2/c15-9-3-1-8-2-4-11(10(8)7-9)16-14(20)12-5-6-13(19)18-17-12/h1,3,5-7,11H,2,4H2,(H,16,20)(H,18,19)/t11-/m0/s1. The Morgan fingerprint density at radius 3 is 2.95 bits per heavy atom. The van der Waals surface area contributed by atoms with Gasteiger partial charge in [-0.3, -0.25) is 9.59 Å². The van der Waals surface area contributed by atoms with E-state index < -0.39 is 0 Å². The van der Waals surface area contributed by atoms with E-state index in [1.807, 2.05) is 0 Å². The van der Waals surface area contributed by atoms with Crippen LogP contribution in [0.4, 0.5) is 4.39 Å². The van der Waals surface area contributed by atoms with Crippen molar-refractivity contribution in [2.24, 2.45) is 0 Å². The molecule has 1 aliphatic rings. The van der Waals surface area contributed by atoms with Crippen LogP contribution < -0.4 is 10.9 Å². The van der Waals surface area contributed by atoms with E-state index in [9.17, 15) is 14.0 Å². The van der Waals surface area contributed by atoms with E-state index in [0.29, 0.717) is 0 Å². The summed E-state index contributed by atoms with van der Waals surface area (Å²) in [5.74, 6) is -0.699. The van der Waals surface area contributed by atoms with Gasteiger partial charge in [0.2, 0.25) is 0 Å². The minimum absolute atomic E-state index is 0.134. The predicted molar refractivity (Wildman–Crippen MR) is 69.8 cm³/mol. The third-order valence-corrected chi connectivity index (χ3v) is 3.40. The highest BCUT2D eigenvalue weighted by Gasteiger charge is 2.25. The first-order valence-corrected chi connectivity index (χ1v) is 6.28. The van der Waals surface area contributed by atoms with Gasteiger partial charge in [0, 0.05) is 6.07 Å². The predicted octanol–water partition coefficient (Wildman–Crippen LogP) is 1.33. The summed E-state index contributed by atoms with van der Waals surface area (Å²) in [6, 6.07) is 7.00. The Labute approximate surface area is 113 Å². The number of hydrogen-bond donors (Lipinski definition) is 2. The van der Waals surface area contributed by atoms with Crippen LogP contribution in [0.3, 0.4) is 0 Å². The summed E-state index contributed by atoms with van der Waals surface area (Å²) in [4.78, 5) is 22.9. The number of amides is 1. The average molecular weight is 273 g/mol. The van der Waals surface area contributed by atoms with Crippen molar-refractivity contribution >= 4 is 5.91 Å². The molecule has 1 amide bonds. The fourth-order valence-corrected chi connectivity index (χ4v) is 2.43. The summed E-state index contributed by atoms with van der Waals surface area (Å²) < 4.78 is 13.3. The largest absolute Gasteiger partial charge is 0.344 e. The van der Waals surface area contributed by atoms with Gasteiger partial charge in [0.25, 0.3) is 11.5 Å². The van der Waals surface area contributed by atoms with Crippen molar-refractivity contribution in [3.63, 3.8) is 0 Å². The lowest BCUT2D eigenvalue weighted by molar-refractivity contribution is 0.0930. The van der Waals surface area contributed by atoms with Crippen molar-refractivity contribution in [1.29, 1.82) is 0 Å². The number of carbonyl (C=O) groups is 1. The van der Waals surface area contributed by atoms with E-state index in [-0.39, 0.29) is 29.0 Å². The maximum atomic E-state index is 13.3. The zero-order valence-electron chi connectivity index (χ0n) is 10.5. The monoisotopic (exact) mass is 273 g/mol. The SMILES string of the molecule is O=C(N[C@H]1CCc2ccc(F)cc21)c1ccc(=O)[nH]n1. The van der Waals surface area contributed by atoms with Gasteiger partial charge >= 0.3 is 0 Å². The van der Waals surface area contributed by atoms with Gasteiger partial charge < -0.3 is 5.32 Å². The maximum absolute atomic E-state index is 13.3. The number of carbonyl (C=O) groups excluding carboxylic acids is 1. The van der Waals surface area contributed by atoms with Crippen LogP contribution in [0.5, 0.6) is 0 Å². The van der Waals surface area contributed by atoms with Gasteiger partial charge in [0.15, 0.2) is 0 Å². The number of nitrogens with one attached hydrogen (secondary N) is 2. The van der Waals surface area contributed by atoms with Crippen LogP contribution in [0, 0.1) is 5.82 Å². The molecule has 1 aromatic carbocycles. The first-order valence-electron chi connectivity index (χ1n) is 6.28. The summed E-state index contributed by atoms with van der Waals surface area (Å²) in [7, 11) is 0. The molecule has 0 aliphatic heterocycles. The van der Waals surface area contributed by atoms with Crippen molar-refractivity contribution in [3.8, 4) is 0 Å². The van der Waals surface area contributed by atoms with Crippen molar-refractivity contribution in [3.05, 3.63) is 63.3 Å². The van der Waals surface area contributed by atoms with Gasteiger partial charge in [-0.2, -0.15) is 5.10 Å². The van der Waals surface area contributed by atoms with Crippen LogP contribution in [0.2, 0.25) is 0 Å². The molecular weight excluding hydrogens is 261 g/mol. The van der Waals surface area contributed by atoms with Crippen molar-refractivity contribution in [2.75, 3.05) is 0 Å². The topological polar surface area (TPSA) is 74.8 Å². The Bertz CT molecular complexity index is 706. The molecule has 1 heterocycles. The number of aryl methyl sites for hydroxylation is 1. The number of H-pyrrole nitrogens is 1. The lowest BCUT2D eigenvalue weighted by atomic mass is 10.1. The Kier molecular flexibility index (Phi) is 3.06. The van der Waals surface area contributed by atoms with E-state index in [1.165, 1.54) is 24.3 Å². The third-order valence-electron chi connectivity index (χ3n) is 3.40. The highest BCUT2D eigenvalue weighted by Crippen LogP contribution is 2.31. The summed E-state index contributed by atoms with van der Waals surface area (Å²) in [6.07, 6.45) is 1.54. The zero-order chi connectivity index (χ0) is 14.1. The Morgan fingerprint density at radius 1 is 1.35 bits per heavy atom. The van der Waals surface area contributed by atoms with Crippen molar-refractivity contribution in [2.45, 2.75) is 18.9 Å². The van der Waals surface area contributed by atoms with Crippen LogP contribution in [-0.4, -0.2) is 16.1 Å². The molecule has 0 fully saturated rings. The van der Waals surface area contributed by atoms with E-state index >= 15 is 0 Å². The lowest BCUT2D eigenvalue weighted by Gasteiger charge is -2.13. The quantitative estimate of drug-likeness (QED) is 0.866. The molecule has 1 aliphatic carbocycles. The molecule has 1 atom stereocenters. The number of benzene rings is 1. The Balaban J connectivity index is 1.80. The minimum atomic E-state index is -0.386. The molecule has 0 spiro atoms. The Hall–Kier alpha value is -2.50. The van der Waals surface area contributed by atoms with Gasteiger partial charge in [-0.1, -0.05) is 6.07 Å². The highest BCUT2D eigenvalue weighted by molar-refractivity contribution is 5.92. The smallest absolute Gasteiger partial charge is 0.272 e. The molecule has 0 unspecified atom stereocenters. The molecule has 1 aromatic heterocycles. The number of halogens is 1. The van der Waals surface area contributed by atoms with E-state index in [0.717, 1.165) is 24.0 Å². The number of nitrogens with zero attached hydrogens (tertiary/aromatic N) is 1. The first kappa shape index (κ1) is 12.5. The summed E-state index contributed by atoms with van der Waals surface area (Å²) in [6.45, 7) is 0.